The second-order valence-electron chi connectivity index (χ2n) is 7.41. The van der Waals surface area contributed by atoms with Crippen molar-refractivity contribution in [1.29, 1.82) is 0 Å². The van der Waals surface area contributed by atoms with Crippen LogP contribution in [0, 0.1) is 0 Å². The van der Waals surface area contributed by atoms with Crippen molar-refractivity contribution in [2.45, 2.75) is 31.0 Å². The Labute approximate surface area is 181 Å². The molecule has 10 nitrogen and oxygen atoms in total. The number of aromatic nitrogens is 1. The number of nitrogens with one attached hydrogen (secondary N) is 2. The van der Waals surface area contributed by atoms with Gasteiger partial charge in [-0.25, -0.2) is 16.8 Å². The van der Waals surface area contributed by atoms with Gasteiger partial charge in [0.05, 0.1) is 18.0 Å². The number of aromatic amines is 1. The van der Waals surface area contributed by atoms with Gasteiger partial charge >= 0.3 is 0 Å². The van der Waals surface area contributed by atoms with E-state index in [1.165, 1.54) is 20.9 Å². The normalized spacial score (nSPS) is 24.6. The molecule has 1 aromatic rings. The van der Waals surface area contributed by atoms with Gasteiger partial charge in [0.25, 0.3) is 5.91 Å². The molecule has 2 N–H and O–H groups in total. The van der Waals surface area contributed by atoms with Crippen molar-refractivity contribution < 1.29 is 26.4 Å². The van der Waals surface area contributed by atoms with E-state index >= 15 is 0 Å². The number of ether oxygens (including phenoxy) is 1. The highest BCUT2D eigenvalue weighted by atomic mass is 32.2. The standard InChI is InChI=1S/C17H28N4O6S3/c1-13-11-21(12-14(2)27-13)29(23,24)8-3-18-17(22)16-9-15(10-19-16)30(25,26)20-4-6-28-7-5-20/h9-10,13-14,19H,3-8,11-12H2,1-2H3,(H,18,22). The van der Waals surface area contributed by atoms with Gasteiger partial charge in [-0.3, -0.25) is 4.79 Å². The van der Waals surface area contributed by atoms with Crippen LogP contribution >= 0.6 is 11.8 Å². The van der Waals surface area contributed by atoms with E-state index in [4.69, 9.17) is 4.74 Å². The molecule has 3 heterocycles. The van der Waals surface area contributed by atoms with Gasteiger partial charge in [0.15, 0.2) is 0 Å². The van der Waals surface area contributed by atoms with Crippen molar-refractivity contribution >= 4 is 37.7 Å². The van der Waals surface area contributed by atoms with Crippen LogP contribution in [0.4, 0.5) is 0 Å². The predicted molar refractivity (Wildman–Crippen MR) is 115 cm³/mol. The van der Waals surface area contributed by atoms with Gasteiger partial charge in [-0.05, 0) is 19.9 Å². The molecule has 0 spiro atoms. The zero-order chi connectivity index (χ0) is 21.9. The van der Waals surface area contributed by atoms with E-state index in [0.717, 1.165) is 11.5 Å². The number of H-pyrrole nitrogens is 1. The third-order valence-corrected chi connectivity index (χ3v) is 9.56. The molecule has 3 rings (SSSR count). The molecular formula is C17H28N4O6S3. The SMILES string of the molecule is CC1CN(S(=O)(=O)CCNC(=O)c2cc(S(=O)(=O)N3CCSCC3)c[nH]2)CC(C)O1. The summed E-state index contributed by atoms with van der Waals surface area (Å²) in [5.41, 5.74) is 0.0750. The Morgan fingerprint density at radius 3 is 2.43 bits per heavy atom. The predicted octanol–water partition coefficient (Wildman–Crippen LogP) is -0.0790. The van der Waals surface area contributed by atoms with Crippen molar-refractivity contribution in [2.75, 3.05) is 50.0 Å². The smallest absolute Gasteiger partial charge is 0.267 e. The van der Waals surface area contributed by atoms with Crippen LogP contribution in [0.25, 0.3) is 0 Å². The minimum absolute atomic E-state index is 0.0310. The Kier molecular flexibility index (Phi) is 7.51. The van der Waals surface area contributed by atoms with Crippen LogP contribution in [0.1, 0.15) is 24.3 Å². The lowest BCUT2D eigenvalue weighted by molar-refractivity contribution is -0.0440. The number of hydrogen-bond donors (Lipinski definition) is 2. The fourth-order valence-electron chi connectivity index (χ4n) is 3.47. The first-order valence-corrected chi connectivity index (χ1v) is 14.0. The number of sulfonamides is 2. The quantitative estimate of drug-likeness (QED) is 0.558. The van der Waals surface area contributed by atoms with Crippen molar-refractivity contribution in [2.24, 2.45) is 0 Å². The van der Waals surface area contributed by atoms with E-state index in [1.807, 2.05) is 13.8 Å². The molecule has 0 radical (unpaired) electrons. The maximum Gasteiger partial charge on any atom is 0.267 e. The number of morpholine rings is 1. The molecule has 2 fully saturated rings. The fourth-order valence-corrected chi connectivity index (χ4v) is 7.53. The van der Waals surface area contributed by atoms with Crippen LogP contribution in [0.15, 0.2) is 17.2 Å². The Morgan fingerprint density at radius 2 is 1.80 bits per heavy atom. The van der Waals surface area contributed by atoms with Gasteiger partial charge in [0.1, 0.15) is 10.6 Å². The van der Waals surface area contributed by atoms with E-state index in [0.29, 0.717) is 13.1 Å². The van der Waals surface area contributed by atoms with Crippen LogP contribution in [-0.2, 0) is 24.8 Å². The number of rotatable bonds is 7. The first kappa shape index (κ1) is 23.5. The summed E-state index contributed by atoms with van der Waals surface area (Å²) in [5, 5.41) is 2.54. The molecule has 2 aliphatic rings. The van der Waals surface area contributed by atoms with E-state index in [9.17, 15) is 21.6 Å². The molecule has 1 amide bonds. The van der Waals surface area contributed by atoms with Crippen molar-refractivity contribution in [3.8, 4) is 0 Å². The molecule has 170 valence electrons. The molecule has 0 aliphatic carbocycles. The molecule has 2 atom stereocenters. The Balaban J connectivity index is 1.55. The van der Waals surface area contributed by atoms with Crippen LogP contribution < -0.4 is 5.32 Å². The highest BCUT2D eigenvalue weighted by Gasteiger charge is 2.31. The second-order valence-corrected chi connectivity index (χ2v) is 12.7. The van der Waals surface area contributed by atoms with Crippen LogP contribution in [0.5, 0.6) is 0 Å². The Bertz CT molecular complexity index is 946. The lowest BCUT2D eigenvalue weighted by atomic mass is 10.3. The van der Waals surface area contributed by atoms with E-state index in [2.05, 4.69) is 10.3 Å². The topological polar surface area (TPSA) is 129 Å². The van der Waals surface area contributed by atoms with Gasteiger partial charge in [-0.2, -0.15) is 20.4 Å². The maximum absolute atomic E-state index is 12.7. The molecule has 13 heteroatoms. The Hall–Kier alpha value is -1.12. The van der Waals surface area contributed by atoms with Crippen LogP contribution in [0.3, 0.4) is 0 Å². The highest BCUT2D eigenvalue weighted by molar-refractivity contribution is 7.99. The Morgan fingerprint density at radius 1 is 1.17 bits per heavy atom. The largest absolute Gasteiger partial charge is 0.373 e. The third kappa shape index (κ3) is 5.56. The van der Waals surface area contributed by atoms with Gasteiger partial charge in [-0.1, -0.05) is 0 Å². The number of hydrogen-bond acceptors (Lipinski definition) is 7. The fraction of sp³-hybridized carbons (Fsp3) is 0.706. The molecule has 0 saturated carbocycles. The van der Waals surface area contributed by atoms with E-state index in [-0.39, 0.29) is 48.2 Å². The summed E-state index contributed by atoms with van der Waals surface area (Å²) in [6, 6.07) is 1.28. The molecule has 0 aromatic carbocycles. The molecular weight excluding hydrogens is 452 g/mol. The number of thioether (sulfide) groups is 1. The third-order valence-electron chi connectivity index (χ3n) is 4.93. The summed E-state index contributed by atoms with van der Waals surface area (Å²) >= 11 is 1.70. The van der Waals surface area contributed by atoms with Crippen molar-refractivity contribution in [3.63, 3.8) is 0 Å². The zero-order valence-electron chi connectivity index (χ0n) is 17.0. The maximum atomic E-state index is 12.7. The second kappa shape index (κ2) is 9.57. The summed E-state index contributed by atoms with van der Waals surface area (Å²) in [7, 11) is -7.18. The van der Waals surface area contributed by atoms with Gasteiger partial charge in [0.2, 0.25) is 20.0 Å². The van der Waals surface area contributed by atoms with Crippen LogP contribution in [0.2, 0.25) is 0 Å². The number of carbonyl (C=O) groups excluding carboxylic acids is 1. The molecule has 2 unspecified atom stereocenters. The zero-order valence-corrected chi connectivity index (χ0v) is 19.5. The van der Waals surface area contributed by atoms with Gasteiger partial charge < -0.3 is 15.0 Å². The average molecular weight is 481 g/mol. The van der Waals surface area contributed by atoms with Gasteiger partial charge in [-0.15, -0.1) is 0 Å². The first-order chi connectivity index (χ1) is 14.1. The highest BCUT2D eigenvalue weighted by Crippen LogP contribution is 2.21. The number of amides is 1. The molecule has 2 aliphatic heterocycles. The van der Waals surface area contributed by atoms with Crippen molar-refractivity contribution in [3.05, 3.63) is 18.0 Å². The molecule has 2 saturated heterocycles. The number of carbonyl (C=O) groups is 1. The van der Waals surface area contributed by atoms with Gasteiger partial charge in [0, 0.05) is 50.4 Å². The lowest BCUT2D eigenvalue weighted by Gasteiger charge is -2.34. The van der Waals surface area contributed by atoms with Crippen molar-refractivity contribution in [1.82, 2.24) is 18.9 Å². The average Bonchev–Trinajstić information content (AvgIpc) is 3.19. The van der Waals surface area contributed by atoms with E-state index in [1.54, 1.807) is 11.8 Å². The van der Waals surface area contributed by atoms with E-state index < -0.39 is 26.0 Å². The summed E-state index contributed by atoms with van der Waals surface area (Å²) in [6.45, 7) is 5.01. The lowest BCUT2D eigenvalue weighted by Crippen LogP contribution is -2.49. The molecule has 30 heavy (non-hydrogen) atoms. The number of nitrogens with zero attached hydrogens (tertiary/aromatic N) is 2. The minimum Gasteiger partial charge on any atom is -0.373 e. The summed E-state index contributed by atoms with van der Waals surface area (Å²) in [5.74, 6) is 0.693. The molecule has 1 aromatic heterocycles. The minimum atomic E-state index is -3.65. The summed E-state index contributed by atoms with van der Waals surface area (Å²) in [4.78, 5) is 15.0. The summed E-state index contributed by atoms with van der Waals surface area (Å²) in [6.07, 6.45) is 0.922. The summed E-state index contributed by atoms with van der Waals surface area (Å²) < 4.78 is 58.7. The van der Waals surface area contributed by atoms with Crippen LogP contribution in [-0.4, -0.2) is 98.5 Å². The monoisotopic (exact) mass is 480 g/mol. The first-order valence-electron chi connectivity index (χ1n) is 9.77. The molecule has 0 bridgehead atoms.